The van der Waals surface area contributed by atoms with E-state index in [-0.39, 0.29) is 28.6 Å². The van der Waals surface area contributed by atoms with Gasteiger partial charge in [-0.25, -0.2) is 30.4 Å². The first-order valence-corrected chi connectivity index (χ1v) is 19.4. The van der Waals surface area contributed by atoms with Gasteiger partial charge in [0.05, 0.1) is 26.8 Å². The molecule has 49 heavy (non-hydrogen) atoms. The minimum atomic E-state index is -5.48. The predicted molar refractivity (Wildman–Crippen MR) is 174 cm³/mol. The number of benzene rings is 3. The molecule has 0 radical (unpaired) electrons. The molecule has 264 valence electrons. The number of alkyl halides is 5. The maximum Gasteiger partial charge on any atom is 0.314 e. The zero-order valence-electron chi connectivity index (χ0n) is 26.8. The van der Waals surface area contributed by atoms with Crippen LogP contribution >= 0.6 is 0 Å². The summed E-state index contributed by atoms with van der Waals surface area (Å²) < 4.78 is 113. The van der Waals surface area contributed by atoms with Crippen LogP contribution < -0.4 is 0 Å². The predicted octanol–water partition coefficient (Wildman–Crippen LogP) is 8.60. The highest BCUT2D eigenvalue weighted by Crippen LogP contribution is 2.60. The first kappa shape index (κ1) is 35.9. The summed E-state index contributed by atoms with van der Waals surface area (Å²) in [6.45, 7) is 0. The van der Waals surface area contributed by atoms with Crippen LogP contribution in [0.5, 0.6) is 0 Å². The van der Waals surface area contributed by atoms with Crippen molar-refractivity contribution in [2.24, 2.45) is 23.7 Å². The van der Waals surface area contributed by atoms with Gasteiger partial charge in [-0.15, -0.1) is 0 Å². The van der Waals surface area contributed by atoms with Gasteiger partial charge in [0.25, 0.3) is 17.5 Å². The van der Waals surface area contributed by atoms with Gasteiger partial charge in [-0.1, -0.05) is 54.6 Å². The first-order chi connectivity index (χ1) is 23.1. The lowest BCUT2D eigenvalue weighted by Crippen LogP contribution is -2.67. The molecule has 0 aliphatic heterocycles. The lowest BCUT2D eigenvalue weighted by Gasteiger charge is -2.56. The average Bonchev–Trinajstić information content (AvgIpc) is 3.03. The van der Waals surface area contributed by atoms with E-state index in [0.29, 0.717) is 19.3 Å². The monoisotopic (exact) mass is 722 g/mol. The summed E-state index contributed by atoms with van der Waals surface area (Å²) in [5.41, 5.74) is -5.90. The van der Waals surface area contributed by atoms with E-state index in [9.17, 15) is 35.3 Å². The second kappa shape index (κ2) is 13.6. The number of hydrogen-bond donors (Lipinski definition) is 0. The molecule has 3 aromatic carbocycles. The van der Waals surface area contributed by atoms with Crippen molar-refractivity contribution in [1.29, 1.82) is 0 Å². The Hall–Kier alpha value is -2.96. The molecule has 0 aromatic heterocycles. The van der Waals surface area contributed by atoms with E-state index in [2.05, 4.69) is 91.0 Å². The Kier molecular flexibility index (Phi) is 9.98. The molecule has 0 N–H and O–H groups in total. The third-order valence-electron chi connectivity index (χ3n) is 10.4. The van der Waals surface area contributed by atoms with E-state index in [1.54, 1.807) is 0 Å². The Morgan fingerprint density at radius 2 is 1.08 bits per heavy atom. The van der Waals surface area contributed by atoms with Crippen LogP contribution in [0.4, 0.5) is 22.0 Å². The number of carbonyl (C=O) groups is 1. The highest BCUT2D eigenvalue weighted by molar-refractivity contribution is 7.97. The molecule has 1 unspecified atom stereocenters. The van der Waals surface area contributed by atoms with Crippen molar-refractivity contribution >= 4 is 27.0 Å². The standard InChI is InChI=1S/C19H25F5O5S.C18H15S/c20-17(21)2-1-3-18(22,23)19(17,24)14(10-30(26,27)28)15(25)29-16-7-11-4-12(8-16)6-13(5-11)9-16;1-4-10-16(11-5-1)19(17-12-6-2-7-13-17)18-14-8-3-9-15-18/h11-14H,1-10H2,(H,26,27,28);1-15H/q;+1/p-1. The first-order valence-electron chi connectivity index (χ1n) is 16.6. The molecule has 5 fully saturated rings. The fraction of sp³-hybridized carbons (Fsp3) is 0.486. The second-order valence-corrected chi connectivity index (χ2v) is 17.5. The summed E-state index contributed by atoms with van der Waals surface area (Å²) in [4.78, 5) is 16.9. The minimum absolute atomic E-state index is 0.0146. The van der Waals surface area contributed by atoms with E-state index in [0.717, 1.165) is 19.3 Å². The zero-order chi connectivity index (χ0) is 35.1. The van der Waals surface area contributed by atoms with Crippen LogP contribution in [0.25, 0.3) is 0 Å². The third kappa shape index (κ3) is 7.42. The molecular formula is C37H39F5O5S2. The average molecular weight is 723 g/mol. The van der Waals surface area contributed by atoms with E-state index in [4.69, 9.17) is 4.74 Å². The SMILES string of the molecule is O=C(OC12CC3CC(CC(C3)C1)C2)C(CS(=O)(=O)[O-])C1(F)C(F)(F)CCCC1(F)F.c1ccc([S+](c2ccccc2)c2ccccc2)cc1. The molecule has 3 aromatic rings. The number of halogens is 5. The van der Waals surface area contributed by atoms with Crippen LogP contribution in [0, 0.1) is 23.7 Å². The van der Waals surface area contributed by atoms with E-state index >= 15 is 4.39 Å². The quantitative estimate of drug-likeness (QED) is 0.101. The smallest absolute Gasteiger partial charge is 0.314 e. The molecule has 5 aliphatic rings. The van der Waals surface area contributed by atoms with Crippen molar-refractivity contribution in [2.75, 3.05) is 5.75 Å². The molecule has 0 spiro atoms. The van der Waals surface area contributed by atoms with Crippen LogP contribution in [-0.4, -0.2) is 47.8 Å². The Morgan fingerprint density at radius 3 is 1.43 bits per heavy atom. The second-order valence-electron chi connectivity index (χ2n) is 14.0. The van der Waals surface area contributed by atoms with Crippen molar-refractivity contribution in [3.05, 3.63) is 91.0 Å². The molecular weight excluding hydrogens is 684 g/mol. The number of ether oxygens (including phenoxy) is 1. The Morgan fingerprint density at radius 1 is 0.714 bits per heavy atom. The summed E-state index contributed by atoms with van der Waals surface area (Å²) in [6.07, 6.45) is 0.759. The van der Waals surface area contributed by atoms with Gasteiger partial charge in [0.2, 0.25) is 0 Å². The number of esters is 1. The van der Waals surface area contributed by atoms with Gasteiger partial charge in [-0.3, -0.25) is 4.79 Å². The van der Waals surface area contributed by atoms with Crippen molar-refractivity contribution in [2.45, 2.75) is 95.6 Å². The van der Waals surface area contributed by atoms with Gasteiger partial charge in [0.15, 0.2) is 14.7 Å². The van der Waals surface area contributed by atoms with E-state index < -0.39 is 70.1 Å². The molecule has 0 saturated heterocycles. The normalized spacial score (nSPS) is 28.3. The highest BCUT2D eigenvalue weighted by atomic mass is 32.2. The Labute approximate surface area is 286 Å². The highest BCUT2D eigenvalue weighted by Gasteiger charge is 2.76. The van der Waals surface area contributed by atoms with Gasteiger partial charge >= 0.3 is 5.97 Å². The third-order valence-corrected chi connectivity index (χ3v) is 13.4. The molecule has 4 bridgehead atoms. The maximum absolute atomic E-state index is 15.5. The lowest BCUT2D eigenvalue weighted by molar-refractivity contribution is -0.292. The molecule has 0 heterocycles. The van der Waals surface area contributed by atoms with Crippen LogP contribution in [0.2, 0.25) is 0 Å². The Bertz CT molecular complexity index is 1560. The summed E-state index contributed by atoms with van der Waals surface area (Å²) >= 11 is 0. The topological polar surface area (TPSA) is 83.5 Å². The molecule has 1 atom stereocenters. The van der Waals surface area contributed by atoms with Crippen LogP contribution in [0.1, 0.15) is 57.8 Å². The Balaban J connectivity index is 0.000000188. The largest absolute Gasteiger partial charge is 0.748 e. The summed E-state index contributed by atoms with van der Waals surface area (Å²) in [5.74, 6) is -15.5. The van der Waals surface area contributed by atoms with Crippen LogP contribution in [0.15, 0.2) is 106 Å². The van der Waals surface area contributed by atoms with Crippen LogP contribution in [0.3, 0.4) is 0 Å². The minimum Gasteiger partial charge on any atom is -0.748 e. The molecule has 5 aliphatic carbocycles. The maximum atomic E-state index is 15.5. The van der Waals surface area contributed by atoms with Gasteiger partial charge in [-0.05, 0) is 99.1 Å². The molecule has 5 nitrogen and oxygen atoms in total. The van der Waals surface area contributed by atoms with Crippen molar-refractivity contribution < 1.29 is 44.5 Å². The van der Waals surface area contributed by atoms with E-state index in [1.807, 2.05) is 0 Å². The number of rotatable bonds is 8. The molecule has 12 heteroatoms. The fourth-order valence-electron chi connectivity index (χ4n) is 8.74. The van der Waals surface area contributed by atoms with Gasteiger partial charge in [-0.2, -0.15) is 0 Å². The van der Waals surface area contributed by atoms with E-state index in [1.165, 1.54) is 14.7 Å². The number of hydrogen-bond acceptors (Lipinski definition) is 5. The van der Waals surface area contributed by atoms with Gasteiger partial charge in [0, 0.05) is 12.8 Å². The molecule has 5 saturated carbocycles. The molecule has 0 amide bonds. The number of carbonyl (C=O) groups excluding carboxylic acids is 1. The zero-order valence-corrected chi connectivity index (χ0v) is 28.4. The van der Waals surface area contributed by atoms with Gasteiger partial charge in [0.1, 0.15) is 11.5 Å². The summed E-state index contributed by atoms with van der Waals surface area (Å²) in [7, 11) is -5.49. The van der Waals surface area contributed by atoms with Crippen molar-refractivity contribution in [3.63, 3.8) is 0 Å². The van der Waals surface area contributed by atoms with Gasteiger partial charge < -0.3 is 9.29 Å². The van der Waals surface area contributed by atoms with Crippen LogP contribution in [-0.2, 0) is 30.5 Å². The summed E-state index contributed by atoms with van der Waals surface area (Å²) in [6, 6.07) is 32.2. The molecule has 8 rings (SSSR count). The van der Waals surface area contributed by atoms with Crippen molar-refractivity contribution in [1.82, 2.24) is 0 Å². The summed E-state index contributed by atoms with van der Waals surface area (Å²) in [5, 5.41) is 0. The van der Waals surface area contributed by atoms with Crippen molar-refractivity contribution in [3.8, 4) is 0 Å². The fourth-order valence-corrected chi connectivity index (χ4v) is 11.6. The lowest BCUT2D eigenvalue weighted by atomic mass is 9.54.